The first-order valence-electron chi connectivity index (χ1n) is 5.71. The number of fused-ring (bicyclic) bond motifs is 1. The summed E-state index contributed by atoms with van der Waals surface area (Å²) < 4.78 is 1.30. The smallest absolute Gasteiger partial charge is 0.324 e. The highest BCUT2D eigenvalue weighted by Gasteiger charge is 2.08. The number of phenolic OH excluding ortho intramolecular Hbond substituents is 1. The summed E-state index contributed by atoms with van der Waals surface area (Å²) in [5, 5.41) is 10.1. The summed E-state index contributed by atoms with van der Waals surface area (Å²) in [4.78, 5) is 15.4. The number of pyridine rings is 1. The fourth-order valence-electron chi connectivity index (χ4n) is 2.01. The van der Waals surface area contributed by atoms with E-state index < -0.39 is 6.03 Å². The molecule has 0 bridgehead atoms. The molecule has 3 aromatic rings. The number of rotatable bonds is 1. The number of aromatic nitrogens is 2. The molecule has 19 heavy (non-hydrogen) atoms. The van der Waals surface area contributed by atoms with Gasteiger partial charge in [-0.15, -0.1) is 0 Å². The lowest BCUT2D eigenvalue weighted by Gasteiger charge is -2.03. The van der Waals surface area contributed by atoms with Gasteiger partial charge in [0.05, 0.1) is 0 Å². The molecule has 2 heterocycles. The van der Waals surface area contributed by atoms with Gasteiger partial charge in [-0.1, -0.05) is 12.1 Å². The molecule has 3 N–H and O–H groups in total. The Morgan fingerprint density at radius 2 is 1.89 bits per heavy atom. The predicted octanol–water partition coefficient (Wildman–Crippen LogP) is 2.34. The maximum Gasteiger partial charge on any atom is 0.324 e. The molecule has 94 valence electrons. The fraction of sp³-hybridized carbons (Fsp3) is 0. The monoisotopic (exact) mass is 253 g/mol. The van der Waals surface area contributed by atoms with E-state index in [1.807, 2.05) is 18.2 Å². The normalized spacial score (nSPS) is 10.7. The number of nitrogens with two attached hydrogens (primary N) is 1. The van der Waals surface area contributed by atoms with Crippen molar-refractivity contribution in [2.24, 2.45) is 5.73 Å². The Labute approximate surface area is 108 Å². The number of amides is 1. The predicted molar refractivity (Wildman–Crippen MR) is 71.8 cm³/mol. The van der Waals surface area contributed by atoms with Crippen LogP contribution in [-0.4, -0.2) is 20.7 Å². The second-order valence-corrected chi connectivity index (χ2v) is 4.21. The molecule has 5 heteroatoms. The molecule has 0 aliphatic rings. The SMILES string of the molecule is NC(=O)n1ccc2cc(-c3ccc(O)cc3)cnc21. The molecular weight excluding hydrogens is 242 g/mol. The van der Waals surface area contributed by atoms with Gasteiger partial charge in [0.15, 0.2) is 0 Å². The zero-order valence-electron chi connectivity index (χ0n) is 9.95. The first-order chi connectivity index (χ1) is 9.15. The van der Waals surface area contributed by atoms with Crippen LogP contribution in [0.25, 0.3) is 22.2 Å². The lowest BCUT2D eigenvalue weighted by Crippen LogP contribution is -2.18. The number of carbonyl (C=O) groups is 1. The highest BCUT2D eigenvalue weighted by atomic mass is 16.3. The van der Waals surface area contributed by atoms with Gasteiger partial charge in [-0.25, -0.2) is 9.78 Å². The summed E-state index contributed by atoms with van der Waals surface area (Å²) in [6.07, 6.45) is 3.27. The Balaban J connectivity index is 2.12. The van der Waals surface area contributed by atoms with E-state index in [1.54, 1.807) is 30.6 Å². The van der Waals surface area contributed by atoms with Crippen molar-refractivity contribution in [2.45, 2.75) is 0 Å². The molecular formula is C14H11N3O2. The molecule has 0 fully saturated rings. The Morgan fingerprint density at radius 1 is 1.16 bits per heavy atom. The molecule has 5 nitrogen and oxygen atoms in total. The Bertz CT molecular complexity index is 760. The van der Waals surface area contributed by atoms with Crippen LogP contribution in [0.15, 0.2) is 48.8 Å². The Morgan fingerprint density at radius 3 is 2.58 bits per heavy atom. The maximum absolute atomic E-state index is 11.2. The third-order valence-corrected chi connectivity index (χ3v) is 2.96. The van der Waals surface area contributed by atoms with Gasteiger partial charge in [-0.3, -0.25) is 4.57 Å². The summed E-state index contributed by atoms with van der Waals surface area (Å²) in [6, 6.07) is 10.0. The largest absolute Gasteiger partial charge is 0.508 e. The average molecular weight is 253 g/mol. The molecule has 0 aliphatic carbocycles. The Kier molecular flexibility index (Phi) is 2.45. The summed E-state index contributed by atoms with van der Waals surface area (Å²) in [6.45, 7) is 0. The van der Waals surface area contributed by atoms with E-state index in [-0.39, 0.29) is 5.75 Å². The summed E-state index contributed by atoms with van der Waals surface area (Å²) in [5.41, 5.74) is 7.64. The molecule has 2 aromatic heterocycles. The minimum absolute atomic E-state index is 0.220. The topological polar surface area (TPSA) is 81.1 Å². The second-order valence-electron chi connectivity index (χ2n) is 4.21. The molecule has 1 amide bonds. The molecule has 0 saturated heterocycles. The van der Waals surface area contributed by atoms with Crippen LogP contribution in [0.3, 0.4) is 0 Å². The van der Waals surface area contributed by atoms with E-state index in [0.29, 0.717) is 5.65 Å². The minimum atomic E-state index is -0.556. The lowest BCUT2D eigenvalue weighted by molar-refractivity contribution is 0.251. The van der Waals surface area contributed by atoms with Crippen molar-refractivity contribution < 1.29 is 9.90 Å². The van der Waals surface area contributed by atoms with Crippen LogP contribution < -0.4 is 5.73 Å². The molecule has 0 aliphatic heterocycles. The van der Waals surface area contributed by atoms with Crippen molar-refractivity contribution in [3.8, 4) is 16.9 Å². The molecule has 0 saturated carbocycles. The third kappa shape index (κ3) is 1.91. The number of primary amides is 1. The van der Waals surface area contributed by atoms with Gasteiger partial charge < -0.3 is 10.8 Å². The van der Waals surface area contributed by atoms with Gasteiger partial charge in [0, 0.05) is 23.3 Å². The van der Waals surface area contributed by atoms with Gasteiger partial charge in [0.1, 0.15) is 11.4 Å². The molecule has 3 rings (SSSR count). The van der Waals surface area contributed by atoms with Crippen molar-refractivity contribution in [1.82, 2.24) is 9.55 Å². The van der Waals surface area contributed by atoms with Gasteiger partial charge in [-0.05, 0) is 29.8 Å². The number of benzene rings is 1. The van der Waals surface area contributed by atoms with Crippen LogP contribution in [0.5, 0.6) is 5.75 Å². The van der Waals surface area contributed by atoms with E-state index in [1.165, 1.54) is 4.57 Å². The second kappa shape index (κ2) is 4.13. The van der Waals surface area contributed by atoms with Crippen LogP contribution in [0.2, 0.25) is 0 Å². The third-order valence-electron chi connectivity index (χ3n) is 2.96. The van der Waals surface area contributed by atoms with E-state index in [2.05, 4.69) is 4.98 Å². The highest BCUT2D eigenvalue weighted by Crippen LogP contribution is 2.24. The summed E-state index contributed by atoms with van der Waals surface area (Å²) >= 11 is 0. The highest BCUT2D eigenvalue weighted by molar-refractivity contribution is 5.90. The number of nitrogens with zero attached hydrogens (tertiary/aromatic N) is 2. The fourth-order valence-corrected chi connectivity index (χ4v) is 2.01. The molecule has 0 unspecified atom stereocenters. The van der Waals surface area contributed by atoms with Gasteiger partial charge in [-0.2, -0.15) is 0 Å². The molecule has 0 radical (unpaired) electrons. The Hall–Kier alpha value is -2.82. The molecule has 0 atom stereocenters. The van der Waals surface area contributed by atoms with Gasteiger partial charge in [0.2, 0.25) is 0 Å². The average Bonchev–Trinajstić information content (AvgIpc) is 2.82. The van der Waals surface area contributed by atoms with Crippen molar-refractivity contribution >= 4 is 17.1 Å². The van der Waals surface area contributed by atoms with Gasteiger partial charge >= 0.3 is 6.03 Å². The van der Waals surface area contributed by atoms with Crippen LogP contribution in [0, 0.1) is 0 Å². The zero-order valence-corrected chi connectivity index (χ0v) is 9.95. The van der Waals surface area contributed by atoms with Crippen LogP contribution in [-0.2, 0) is 0 Å². The van der Waals surface area contributed by atoms with E-state index >= 15 is 0 Å². The molecule has 1 aromatic carbocycles. The van der Waals surface area contributed by atoms with Crippen molar-refractivity contribution in [3.63, 3.8) is 0 Å². The van der Waals surface area contributed by atoms with Crippen LogP contribution in [0.1, 0.15) is 0 Å². The lowest BCUT2D eigenvalue weighted by atomic mass is 10.1. The zero-order chi connectivity index (χ0) is 13.4. The van der Waals surface area contributed by atoms with Gasteiger partial charge in [0.25, 0.3) is 0 Å². The van der Waals surface area contributed by atoms with Crippen LogP contribution >= 0.6 is 0 Å². The standard InChI is InChI=1S/C14H11N3O2/c15-14(19)17-6-5-10-7-11(8-16-13(10)17)9-1-3-12(18)4-2-9/h1-8,18H,(H2,15,19). The maximum atomic E-state index is 11.2. The number of aromatic hydroxyl groups is 1. The molecule has 0 spiro atoms. The van der Waals surface area contributed by atoms with E-state index in [9.17, 15) is 9.90 Å². The van der Waals surface area contributed by atoms with Crippen molar-refractivity contribution in [3.05, 3.63) is 48.8 Å². The first kappa shape index (κ1) is 11.3. The van der Waals surface area contributed by atoms with Crippen LogP contribution in [0.4, 0.5) is 4.79 Å². The van der Waals surface area contributed by atoms with E-state index in [0.717, 1.165) is 16.5 Å². The number of hydrogen-bond acceptors (Lipinski definition) is 3. The first-order valence-corrected chi connectivity index (χ1v) is 5.71. The summed E-state index contributed by atoms with van der Waals surface area (Å²) in [5.74, 6) is 0.220. The number of phenols is 1. The van der Waals surface area contributed by atoms with E-state index in [4.69, 9.17) is 5.73 Å². The number of carbonyl (C=O) groups excluding carboxylic acids is 1. The quantitative estimate of drug-likeness (QED) is 0.698. The number of hydrogen-bond donors (Lipinski definition) is 2. The minimum Gasteiger partial charge on any atom is -0.508 e. The summed E-state index contributed by atoms with van der Waals surface area (Å²) in [7, 11) is 0. The van der Waals surface area contributed by atoms with Crippen molar-refractivity contribution in [1.29, 1.82) is 0 Å². The van der Waals surface area contributed by atoms with Crippen molar-refractivity contribution in [2.75, 3.05) is 0 Å².